The molecule has 2 N–H and O–H groups in total. The number of pyridine rings is 1. The Kier molecular flexibility index (Phi) is 4.63. The molecule has 116 valence electrons. The number of hydrogen-bond donors (Lipinski definition) is 1. The molecule has 0 aliphatic rings. The Bertz CT molecular complexity index is 844. The third kappa shape index (κ3) is 3.90. The predicted molar refractivity (Wildman–Crippen MR) is 95.8 cm³/mol. The average molecular weight is 323 g/mol. The Hall–Kier alpha value is -2.33. The summed E-state index contributed by atoms with van der Waals surface area (Å²) in [5.74, 6) is 0.375. The molecule has 2 aromatic carbocycles. The van der Waals surface area contributed by atoms with Gasteiger partial charge in [0.25, 0.3) is 0 Å². The van der Waals surface area contributed by atoms with E-state index in [-0.39, 0.29) is 5.91 Å². The molecule has 0 radical (unpaired) electrons. The first-order valence-electron chi connectivity index (χ1n) is 7.53. The number of anilines is 1. The molecule has 23 heavy (non-hydrogen) atoms. The highest BCUT2D eigenvalue weighted by atomic mass is 32.2. The Balaban J connectivity index is 1.66. The third-order valence-electron chi connectivity index (χ3n) is 3.65. The van der Waals surface area contributed by atoms with Gasteiger partial charge >= 0.3 is 0 Å². The number of fused-ring (bicyclic) bond motifs is 1. The maximum absolute atomic E-state index is 12.1. The Morgan fingerprint density at radius 2 is 1.83 bits per heavy atom. The van der Waals surface area contributed by atoms with Crippen molar-refractivity contribution < 1.29 is 9.78 Å². The first kappa shape index (κ1) is 15.6. The number of hydrogen-bond acceptors (Lipinski definition) is 2. The van der Waals surface area contributed by atoms with Gasteiger partial charge in [-0.2, -0.15) is 4.98 Å². The van der Waals surface area contributed by atoms with Crippen LogP contribution in [0, 0.1) is 13.8 Å². The fourth-order valence-electron chi connectivity index (χ4n) is 2.43. The highest BCUT2D eigenvalue weighted by molar-refractivity contribution is 7.99. The Morgan fingerprint density at radius 3 is 2.61 bits per heavy atom. The van der Waals surface area contributed by atoms with Gasteiger partial charge in [0.05, 0.1) is 5.75 Å². The number of thioether (sulfide) groups is 1. The number of amides is 1. The quantitative estimate of drug-likeness (QED) is 0.737. The van der Waals surface area contributed by atoms with E-state index < -0.39 is 0 Å². The number of nitrogens with one attached hydrogen (secondary N) is 2. The summed E-state index contributed by atoms with van der Waals surface area (Å²) in [6, 6.07) is 18.1. The van der Waals surface area contributed by atoms with E-state index >= 15 is 0 Å². The molecule has 3 aromatic rings. The second-order valence-corrected chi connectivity index (χ2v) is 6.58. The van der Waals surface area contributed by atoms with E-state index in [0.29, 0.717) is 5.75 Å². The molecule has 3 nitrogen and oxygen atoms in total. The van der Waals surface area contributed by atoms with Crippen molar-refractivity contribution >= 4 is 34.3 Å². The first-order chi connectivity index (χ1) is 11.1. The largest absolute Gasteiger partial charge is 0.325 e. The number of benzene rings is 2. The summed E-state index contributed by atoms with van der Waals surface area (Å²) >= 11 is 1.51. The van der Waals surface area contributed by atoms with Gasteiger partial charge in [0.1, 0.15) is 0 Å². The van der Waals surface area contributed by atoms with Crippen molar-refractivity contribution in [3.8, 4) is 0 Å². The van der Waals surface area contributed by atoms with Crippen molar-refractivity contribution in [2.75, 3.05) is 11.1 Å². The molecule has 0 saturated carbocycles. The number of H-pyrrole nitrogens is 1. The van der Waals surface area contributed by atoms with Gasteiger partial charge in [0, 0.05) is 23.2 Å². The molecule has 1 heterocycles. The molecule has 0 unspecified atom stereocenters. The molecule has 1 amide bonds. The molecule has 4 heteroatoms. The Labute approximate surface area is 140 Å². The molecule has 0 saturated heterocycles. The molecular formula is C19H19N2OS+. The molecule has 0 bridgehead atoms. The first-order valence-corrected chi connectivity index (χ1v) is 8.51. The molecular weight excluding hydrogens is 304 g/mol. The van der Waals surface area contributed by atoms with Gasteiger partial charge < -0.3 is 5.32 Å². The van der Waals surface area contributed by atoms with Crippen LogP contribution in [0.25, 0.3) is 10.9 Å². The number of aromatic amines is 1. The van der Waals surface area contributed by atoms with E-state index in [1.165, 1.54) is 28.3 Å². The maximum Gasteiger partial charge on any atom is 0.239 e. The minimum absolute atomic E-state index is 0.00179. The van der Waals surface area contributed by atoms with Gasteiger partial charge in [-0.15, -0.1) is 0 Å². The van der Waals surface area contributed by atoms with Crippen molar-refractivity contribution in [3.05, 3.63) is 65.7 Å². The fraction of sp³-hybridized carbons (Fsp3) is 0.158. The molecule has 0 spiro atoms. The molecule has 0 aliphatic heterocycles. The predicted octanol–water partition coefficient (Wildman–Crippen LogP) is 4.00. The van der Waals surface area contributed by atoms with Crippen molar-refractivity contribution in [3.63, 3.8) is 0 Å². The van der Waals surface area contributed by atoms with Gasteiger partial charge in [-0.25, -0.2) is 0 Å². The van der Waals surface area contributed by atoms with E-state index in [1.807, 2.05) is 43.3 Å². The number of carbonyl (C=O) groups excluding carboxylic acids is 1. The van der Waals surface area contributed by atoms with Crippen LogP contribution in [-0.2, 0) is 4.79 Å². The van der Waals surface area contributed by atoms with E-state index in [1.54, 1.807) is 0 Å². The van der Waals surface area contributed by atoms with Crippen molar-refractivity contribution in [2.45, 2.75) is 18.9 Å². The van der Waals surface area contributed by atoms with Gasteiger partial charge in [-0.3, -0.25) is 4.79 Å². The van der Waals surface area contributed by atoms with Gasteiger partial charge in [0.2, 0.25) is 16.4 Å². The minimum atomic E-state index is -0.00179. The van der Waals surface area contributed by atoms with Crippen LogP contribution in [0.4, 0.5) is 5.69 Å². The fourth-order valence-corrected chi connectivity index (χ4v) is 3.24. The van der Waals surface area contributed by atoms with Crippen molar-refractivity contribution in [1.29, 1.82) is 0 Å². The lowest BCUT2D eigenvalue weighted by molar-refractivity contribution is -0.395. The lowest BCUT2D eigenvalue weighted by Gasteiger charge is -2.05. The zero-order valence-electron chi connectivity index (χ0n) is 13.2. The summed E-state index contributed by atoms with van der Waals surface area (Å²) in [5, 5.41) is 5.13. The number of para-hydroxylation sites is 1. The summed E-state index contributed by atoms with van der Waals surface area (Å²) in [6.07, 6.45) is 0. The topological polar surface area (TPSA) is 43.2 Å². The lowest BCUT2D eigenvalue weighted by atomic mass is 10.1. The van der Waals surface area contributed by atoms with Crippen LogP contribution in [0.1, 0.15) is 11.1 Å². The zero-order chi connectivity index (χ0) is 16.2. The van der Waals surface area contributed by atoms with E-state index in [0.717, 1.165) is 16.2 Å². The molecule has 0 aliphatic carbocycles. The average Bonchev–Trinajstić information content (AvgIpc) is 2.55. The SMILES string of the molecule is Cc1ccc(NC(=O)CSc2cc(C)c3ccccc3[nH+]2)cc1. The number of rotatable bonds is 4. The lowest BCUT2D eigenvalue weighted by Crippen LogP contribution is -2.16. The van der Waals surface area contributed by atoms with Crippen LogP contribution < -0.4 is 10.3 Å². The van der Waals surface area contributed by atoms with Gasteiger partial charge in [-0.05, 0) is 49.4 Å². The van der Waals surface area contributed by atoms with Gasteiger partial charge in [-0.1, -0.05) is 29.8 Å². The minimum Gasteiger partial charge on any atom is -0.325 e. The third-order valence-corrected chi connectivity index (χ3v) is 4.59. The molecule has 0 fully saturated rings. The van der Waals surface area contributed by atoms with Crippen LogP contribution in [0.3, 0.4) is 0 Å². The van der Waals surface area contributed by atoms with Crippen LogP contribution in [0.5, 0.6) is 0 Å². The summed E-state index contributed by atoms with van der Waals surface area (Å²) in [7, 11) is 0. The maximum atomic E-state index is 12.1. The van der Waals surface area contributed by atoms with Crippen LogP contribution >= 0.6 is 11.8 Å². The number of aryl methyl sites for hydroxylation is 2. The zero-order valence-corrected chi connectivity index (χ0v) is 14.0. The Morgan fingerprint density at radius 1 is 1.09 bits per heavy atom. The highest BCUT2D eigenvalue weighted by Crippen LogP contribution is 2.20. The second kappa shape index (κ2) is 6.84. The summed E-state index contributed by atoms with van der Waals surface area (Å²) < 4.78 is 0. The summed E-state index contributed by atoms with van der Waals surface area (Å²) in [4.78, 5) is 15.5. The molecule has 3 rings (SSSR count). The number of aromatic nitrogens is 1. The summed E-state index contributed by atoms with van der Waals surface area (Å²) in [5.41, 5.74) is 4.31. The monoisotopic (exact) mass is 323 g/mol. The smallest absolute Gasteiger partial charge is 0.239 e. The van der Waals surface area contributed by atoms with Crippen LogP contribution in [-0.4, -0.2) is 11.7 Å². The normalized spacial score (nSPS) is 10.7. The van der Waals surface area contributed by atoms with E-state index in [4.69, 9.17) is 0 Å². The van der Waals surface area contributed by atoms with Gasteiger partial charge in [0.15, 0.2) is 0 Å². The van der Waals surface area contributed by atoms with Crippen LogP contribution in [0.15, 0.2) is 59.6 Å². The number of carbonyl (C=O) groups is 1. The van der Waals surface area contributed by atoms with Crippen molar-refractivity contribution in [2.24, 2.45) is 0 Å². The molecule has 0 atom stereocenters. The standard InChI is InChI=1S/C19H18N2OS/c1-13-7-9-15(10-8-13)20-18(22)12-23-19-11-14(2)16-5-3-4-6-17(16)21-19/h3-11H,12H2,1-2H3,(H,20,22)/p+1. The second-order valence-electron chi connectivity index (χ2n) is 5.57. The van der Waals surface area contributed by atoms with E-state index in [2.05, 4.69) is 35.4 Å². The highest BCUT2D eigenvalue weighted by Gasteiger charge is 2.11. The van der Waals surface area contributed by atoms with Crippen molar-refractivity contribution in [1.82, 2.24) is 0 Å². The van der Waals surface area contributed by atoms with Crippen LogP contribution in [0.2, 0.25) is 0 Å². The van der Waals surface area contributed by atoms with E-state index in [9.17, 15) is 4.79 Å². The molecule has 1 aromatic heterocycles. The summed E-state index contributed by atoms with van der Waals surface area (Å²) in [6.45, 7) is 4.12.